The number of rotatable bonds is 3. The number of amides is 1. The van der Waals surface area contributed by atoms with Gasteiger partial charge < -0.3 is 5.32 Å². The lowest BCUT2D eigenvalue weighted by Gasteiger charge is -2.06. The minimum absolute atomic E-state index is 0.0373. The Morgan fingerprint density at radius 3 is 2.72 bits per heavy atom. The molecule has 1 aromatic carbocycles. The molecule has 0 saturated heterocycles. The van der Waals surface area contributed by atoms with Gasteiger partial charge in [-0.2, -0.15) is 0 Å². The molecule has 2 aromatic rings. The van der Waals surface area contributed by atoms with Crippen molar-refractivity contribution < 1.29 is 4.79 Å². The van der Waals surface area contributed by atoms with Gasteiger partial charge in [-0.3, -0.25) is 4.79 Å². The number of halogens is 1. The fraction of sp³-hybridized carbons (Fsp3) is 0.143. The van der Waals surface area contributed by atoms with Crippen LogP contribution in [0.15, 0.2) is 47.2 Å². The number of carbonyl (C=O) groups is 1. The highest BCUT2D eigenvalue weighted by Gasteiger charge is 2.05. The van der Waals surface area contributed by atoms with E-state index in [4.69, 9.17) is 0 Å². The van der Waals surface area contributed by atoms with Crippen molar-refractivity contribution in [1.82, 2.24) is 4.98 Å². The summed E-state index contributed by atoms with van der Waals surface area (Å²) >= 11 is 3.33. The SMILES string of the molecule is Cc1cc(NC(=O)Cc2ccccc2)cnc1Br. The molecular formula is C14H13BrN2O. The van der Waals surface area contributed by atoms with Crippen LogP contribution in [0.2, 0.25) is 0 Å². The third kappa shape index (κ3) is 3.40. The Balaban J connectivity index is 2.01. The average molecular weight is 305 g/mol. The van der Waals surface area contributed by atoms with E-state index in [0.717, 1.165) is 21.4 Å². The number of anilines is 1. The first-order valence-corrected chi connectivity index (χ1v) is 6.40. The van der Waals surface area contributed by atoms with Gasteiger partial charge in [-0.25, -0.2) is 4.98 Å². The number of hydrogen-bond acceptors (Lipinski definition) is 2. The van der Waals surface area contributed by atoms with Crippen molar-refractivity contribution in [2.24, 2.45) is 0 Å². The standard InChI is InChI=1S/C14H13BrN2O/c1-10-7-12(9-16-14(10)15)17-13(18)8-11-5-3-2-4-6-11/h2-7,9H,8H2,1H3,(H,17,18). The summed E-state index contributed by atoms with van der Waals surface area (Å²) in [7, 11) is 0. The molecule has 0 aliphatic heterocycles. The van der Waals surface area contributed by atoms with E-state index in [-0.39, 0.29) is 5.91 Å². The molecule has 92 valence electrons. The molecule has 18 heavy (non-hydrogen) atoms. The molecule has 0 aliphatic rings. The van der Waals surface area contributed by atoms with E-state index in [9.17, 15) is 4.79 Å². The van der Waals surface area contributed by atoms with Gasteiger partial charge in [-0.15, -0.1) is 0 Å². The zero-order chi connectivity index (χ0) is 13.0. The van der Waals surface area contributed by atoms with E-state index in [0.29, 0.717) is 6.42 Å². The molecule has 0 aliphatic carbocycles. The molecule has 1 amide bonds. The molecule has 0 saturated carbocycles. The summed E-state index contributed by atoms with van der Waals surface area (Å²) in [4.78, 5) is 16.0. The maximum atomic E-state index is 11.8. The molecule has 2 rings (SSSR count). The van der Waals surface area contributed by atoms with Gasteiger partial charge in [0.15, 0.2) is 0 Å². The third-order valence-electron chi connectivity index (χ3n) is 2.51. The zero-order valence-electron chi connectivity index (χ0n) is 9.98. The van der Waals surface area contributed by atoms with E-state index < -0.39 is 0 Å². The molecule has 0 radical (unpaired) electrons. The topological polar surface area (TPSA) is 42.0 Å². The summed E-state index contributed by atoms with van der Waals surface area (Å²) in [6.07, 6.45) is 2.01. The third-order valence-corrected chi connectivity index (χ3v) is 3.34. The summed E-state index contributed by atoms with van der Waals surface area (Å²) in [5.74, 6) is -0.0373. The second kappa shape index (κ2) is 5.78. The van der Waals surface area contributed by atoms with Gasteiger partial charge in [0.05, 0.1) is 18.3 Å². The highest BCUT2D eigenvalue weighted by atomic mass is 79.9. The van der Waals surface area contributed by atoms with Crippen molar-refractivity contribution in [3.05, 3.63) is 58.3 Å². The quantitative estimate of drug-likeness (QED) is 0.884. The van der Waals surface area contributed by atoms with Gasteiger partial charge >= 0.3 is 0 Å². The lowest BCUT2D eigenvalue weighted by Crippen LogP contribution is -2.14. The number of nitrogens with zero attached hydrogens (tertiary/aromatic N) is 1. The summed E-state index contributed by atoms with van der Waals surface area (Å²) in [6.45, 7) is 1.93. The van der Waals surface area contributed by atoms with Crippen molar-refractivity contribution >= 4 is 27.5 Å². The predicted octanol–water partition coefficient (Wildman–Crippen LogP) is 3.33. The lowest BCUT2D eigenvalue weighted by atomic mass is 10.1. The Morgan fingerprint density at radius 1 is 1.33 bits per heavy atom. The van der Waals surface area contributed by atoms with Crippen LogP contribution in [-0.2, 0) is 11.2 Å². The number of nitrogens with one attached hydrogen (secondary N) is 1. The van der Waals surface area contributed by atoms with Gasteiger partial charge in [-0.1, -0.05) is 30.3 Å². The Hall–Kier alpha value is -1.68. The molecule has 1 heterocycles. The fourth-order valence-corrected chi connectivity index (χ4v) is 1.83. The van der Waals surface area contributed by atoms with E-state index in [2.05, 4.69) is 26.2 Å². The summed E-state index contributed by atoms with van der Waals surface area (Å²) in [5.41, 5.74) is 2.71. The fourth-order valence-electron chi connectivity index (χ4n) is 1.61. The van der Waals surface area contributed by atoms with Crippen molar-refractivity contribution in [3.8, 4) is 0 Å². The minimum atomic E-state index is -0.0373. The first kappa shape index (κ1) is 12.8. The van der Waals surface area contributed by atoms with Gasteiger partial charge in [-0.05, 0) is 40.0 Å². The number of hydrogen-bond donors (Lipinski definition) is 1. The average Bonchev–Trinajstić information content (AvgIpc) is 2.35. The van der Waals surface area contributed by atoms with E-state index in [1.807, 2.05) is 43.3 Å². The Kier molecular flexibility index (Phi) is 4.10. The summed E-state index contributed by atoms with van der Waals surface area (Å²) in [5, 5.41) is 2.84. The highest BCUT2D eigenvalue weighted by Crippen LogP contribution is 2.16. The molecular weight excluding hydrogens is 292 g/mol. The maximum absolute atomic E-state index is 11.8. The van der Waals surface area contributed by atoms with Crippen LogP contribution < -0.4 is 5.32 Å². The van der Waals surface area contributed by atoms with Crippen molar-refractivity contribution in [2.75, 3.05) is 5.32 Å². The molecule has 0 unspecified atom stereocenters. The highest BCUT2D eigenvalue weighted by molar-refractivity contribution is 9.10. The van der Waals surface area contributed by atoms with E-state index in [1.54, 1.807) is 6.20 Å². The molecule has 4 heteroatoms. The van der Waals surface area contributed by atoms with Gasteiger partial charge in [0, 0.05) is 0 Å². The maximum Gasteiger partial charge on any atom is 0.228 e. The lowest BCUT2D eigenvalue weighted by molar-refractivity contribution is -0.115. The number of aromatic nitrogens is 1. The number of carbonyl (C=O) groups excluding carboxylic acids is 1. The minimum Gasteiger partial charge on any atom is -0.324 e. The molecule has 1 N–H and O–H groups in total. The van der Waals surface area contributed by atoms with Crippen LogP contribution >= 0.6 is 15.9 Å². The second-order valence-corrected chi connectivity index (χ2v) is 4.79. The van der Waals surface area contributed by atoms with E-state index >= 15 is 0 Å². The first-order chi connectivity index (χ1) is 8.65. The first-order valence-electron chi connectivity index (χ1n) is 5.61. The Morgan fingerprint density at radius 2 is 2.06 bits per heavy atom. The van der Waals surface area contributed by atoms with Crippen LogP contribution in [0.3, 0.4) is 0 Å². The van der Waals surface area contributed by atoms with Crippen LogP contribution in [0.4, 0.5) is 5.69 Å². The predicted molar refractivity (Wildman–Crippen MR) is 75.4 cm³/mol. The number of aryl methyl sites for hydroxylation is 1. The van der Waals surface area contributed by atoms with Crippen LogP contribution in [0.5, 0.6) is 0 Å². The molecule has 1 aromatic heterocycles. The molecule has 0 bridgehead atoms. The molecule has 3 nitrogen and oxygen atoms in total. The number of benzene rings is 1. The smallest absolute Gasteiger partial charge is 0.228 e. The molecule has 0 fully saturated rings. The normalized spacial score (nSPS) is 10.1. The van der Waals surface area contributed by atoms with Crippen molar-refractivity contribution in [3.63, 3.8) is 0 Å². The van der Waals surface area contributed by atoms with Gasteiger partial charge in [0.2, 0.25) is 5.91 Å². The molecule has 0 atom stereocenters. The Labute approximate surface area is 114 Å². The van der Waals surface area contributed by atoms with E-state index in [1.165, 1.54) is 0 Å². The second-order valence-electron chi connectivity index (χ2n) is 4.04. The largest absolute Gasteiger partial charge is 0.324 e. The summed E-state index contributed by atoms with van der Waals surface area (Å²) in [6, 6.07) is 11.5. The van der Waals surface area contributed by atoms with Crippen molar-refractivity contribution in [1.29, 1.82) is 0 Å². The van der Waals surface area contributed by atoms with Gasteiger partial charge in [0.1, 0.15) is 4.60 Å². The molecule has 0 spiro atoms. The summed E-state index contributed by atoms with van der Waals surface area (Å²) < 4.78 is 0.795. The van der Waals surface area contributed by atoms with Crippen LogP contribution in [-0.4, -0.2) is 10.9 Å². The monoisotopic (exact) mass is 304 g/mol. The van der Waals surface area contributed by atoms with Crippen LogP contribution in [0, 0.1) is 6.92 Å². The zero-order valence-corrected chi connectivity index (χ0v) is 11.6. The van der Waals surface area contributed by atoms with Crippen molar-refractivity contribution in [2.45, 2.75) is 13.3 Å². The Bertz CT molecular complexity index is 555. The van der Waals surface area contributed by atoms with Gasteiger partial charge in [0.25, 0.3) is 0 Å². The number of pyridine rings is 1. The van der Waals surface area contributed by atoms with Crippen LogP contribution in [0.25, 0.3) is 0 Å². The van der Waals surface area contributed by atoms with Crippen LogP contribution in [0.1, 0.15) is 11.1 Å².